The Bertz CT molecular complexity index is 1160. The minimum atomic E-state index is -0.0595. The van der Waals surface area contributed by atoms with Crippen molar-refractivity contribution in [2.75, 3.05) is 5.32 Å². The quantitative estimate of drug-likeness (QED) is 0.469. The van der Waals surface area contributed by atoms with Crippen LogP contribution in [0.2, 0.25) is 0 Å². The van der Waals surface area contributed by atoms with Gasteiger partial charge in [0.05, 0.1) is 28.6 Å². The highest BCUT2D eigenvalue weighted by atomic mass is 32.1. The van der Waals surface area contributed by atoms with Gasteiger partial charge in [-0.1, -0.05) is 37.1 Å². The number of aryl methyl sites for hydroxylation is 1. The van der Waals surface area contributed by atoms with Gasteiger partial charge in [0.2, 0.25) is 0 Å². The van der Waals surface area contributed by atoms with Crippen molar-refractivity contribution in [3.8, 4) is 0 Å². The van der Waals surface area contributed by atoms with E-state index in [1.165, 1.54) is 34.2 Å². The molecule has 1 fully saturated rings. The molecule has 5 nitrogen and oxygen atoms in total. The largest absolute Gasteiger partial charge is 0.333 e. The predicted octanol–water partition coefficient (Wildman–Crippen LogP) is 5.62. The number of nitrogens with zero attached hydrogens (tertiary/aromatic N) is 3. The minimum absolute atomic E-state index is 0.0595. The fourth-order valence-electron chi connectivity index (χ4n) is 4.35. The van der Waals surface area contributed by atoms with E-state index in [2.05, 4.69) is 45.5 Å². The summed E-state index contributed by atoms with van der Waals surface area (Å²) in [6.45, 7) is 2.79. The third-order valence-corrected chi connectivity index (χ3v) is 6.72. The Kier molecular flexibility index (Phi) is 4.72. The van der Waals surface area contributed by atoms with Gasteiger partial charge in [-0.15, -0.1) is 11.3 Å². The van der Waals surface area contributed by atoms with E-state index in [0.29, 0.717) is 12.6 Å². The number of carbonyl (C=O) groups excluding carboxylic acids is 1. The topological polar surface area (TPSA) is 51.9 Å². The Labute approximate surface area is 174 Å². The highest BCUT2D eigenvalue weighted by Crippen LogP contribution is 2.36. The van der Waals surface area contributed by atoms with Crippen molar-refractivity contribution in [3.63, 3.8) is 0 Å². The molecule has 1 saturated carbocycles. The van der Waals surface area contributed by atoms with Crippen LogP contribution in [-0.2, 0) is 6.54 Å². The molecule has 0 unspecified atom stereocenters. The highest BCUT2D eigenvalue weighted by molar-refractivity contribution is 7.17. The average Bonchev–Trinajstić information content (AvgIpc) is 3.48. The number of amides is 1. The summed E-state index contributed by atoms with van der Waals surface area (Å²) in [4.78, 5) is 13.1. The summed E-state index contributed by atoms with van der Waals surface area (Å²) in [5, 5.41) is 9.59. The van der Waals surface area contributed by atoms with Gasteiger partial charge in [0.1, 0.15) is 5.69 Å². The van der Waals surface area contributed by atoms with Gasteiger partial charge in [-0.2, -0.15) is 5.10 Å². The van der Waals surface area contributed by atoms with Gasteiger partial charge in [0, 0.05) is 12.2 Å². The normalized spacial score (nSPS) is 14.7. The Morgan fingerprint density at radius 3 is 2.90 bits per heavy atom. The number of hydrogen-bond donors (Lipinski definition) is 1. The lowest BCUT2D eigenvalue weighted by Crippen LogP contribution is -2.19. The maximum Gasteiger partial charge on any atom is 0.272 e. The van der Waals surface area contributed by atoms with Crippen molar-refractivity contribution < 1.29 is 4.79 Å². The Balaban J connectivity index is 1.37. The summed E-state index contributed by atoms with van der Waals surface area (Å²) < 4.78 is 5.30. The lowest BCUT2D eigenvalue weighted by atomic mass is 10.1. The number of anilines is 1. The summed E-state index contributed by atoms with van der Waals surface area (Å²) in [6.07, 6.45) is 8.39. The Hall–Kier alpha value is -2.86. The highest BCUT2D eigenvalue weighted by Gasteiger charge is 2.25. The number of thiophene rings is 1. The Morgan fingerprint density at radius 1 is 1.24 bits per heavy atom. The summed E-state index contributed by atoms with van der Waals surface area (Å²) in [5.41, 5.74) is 5.13. The standard InChI is InChI=1S/C23H24N4OS/c1-16-6-2-3-7-17(16)14-26-15-18(13-24-26)25-23(28)21-12-22-20(10-11-29-22)27(21)19-8-4-5-9-19/h2-3,6-7,10-13,15,19H,4-5,8-9,14H2,1H3,(H,25,28). The second-order valence-corrected chi connectivity index (χ2v) is 8.76. The molecule has 5 rings (SSSR count). The summed E-state index contributed by atoms with van der Waals surface area (Å²) in [7, 11) is 0. The van der Waals surface area contributed by atoms with Gasteiger partial charge < -0.3 is 9.88 Å². The van der Waals surface area contributed by atoms with Crippen LogP contribution in [0.5, 0.6) is 0 Å². The predicted molar refractivity (Wildman–Crippen MR) is 118 cm³/mol. The average molecular weight is 405 g/mol. The summed E-state index contributed by atoms with van der Waals surface area (Å²) in [5.74, 6) is -0.0595. The zero-order valence-electron chi connectivity index (χ0n) is 16.5. The van der Waals surface area contributed by atoms with Gasteiger partial charge in [-0.05, 0) is 48.4 Å². The molecule has 0 atom stereocenters. The van der Waals surface area contributed by atoms with Crippen LogP contribution >= 0.6 is 11.3 Å². The van der Waals surface area contributed by atoms with E-state index in [-0.39, 0.29) is 5.91 Å². The van der Waals surface area contributed by atoms with Crippen molar-refractivity contribution in [3.05, 3.63) is 71.0 Å². The van der Waals surface area contributed by atoms with Crippen LogP contribution in [0.3, 0.4) is 0 Å². The number of aromatic nitrogens is 3. The molecule has 1 aliphatic rings. The van der Waals surface area contributed by atoms with Gasteiger partial charge >= 0.3 is 0 Å². The molecule has 0 radical (unpaired) electrons. The van der Waals surface area contributed by atoms with Crippen molar-refractivity contribution in [1.29, 1.82) is 0 Å². The first-order chi connectivity index (χ1) is 14.2. The fraction of sp³-hybridized carbons (Fsp3) is 0.304. The molecular formula is C23H24N4OS. The number of rotatable bonds is 5. The molecular weight excluding hydrogens is 380 g/mol. The van der Waals surface area contributed by atoms with Crippen LogP contribution in [0.1, 0.15) is 53.3 Å². The molecule has 0 spiro atoms. The van der Waals surface area contributed by atoms with Gasteiger partial charge in [-0.3, -0.25) is 9.48 Å². The van der Waals surface area contributed by atoms with Gasteiger partial charge in [-0.25, -0.2) is 0 Å². The molecule has 1 aliphatic carbocycles. The second kappa shape index (κ2) is 7.52. The molecule has 1 aromatic carbocycles. The van der Waals surface area contributed by atoms with Crippen molar-refractivity contribution >= 4 is 33.1 Å². The van der Waals surface area contributed by atoms with E-state index in [0.717, 1.165) is 24.2 Å². The molecule has 6 heteroatoms. The third-order valence-electron chi connectivity index (χ3n) is 5.87. The molecule has 1 N–H and O–H groups in total. The fourth-order valence-corrected chi connectivity index (χ4v) is 5.16. The summed E-state index contributed by atoms with van der Waals surface area (Å²) in [6, 6.07) is 12.9. The maximum absolute atomic E-state index is 13.1. The Morgan fingerprint density at radius 2 is 2.07 bits per heavy atom. The first-order valence-electron chi connectivity index (χ1n) is 10.2. The van der Waals surface area contributed by atoms with Crippen molar-refractivity contribution in [2.45, 2.75) is 45.2 Å². The molecule has 4 aromatic rings. The van der Waals surface area contributed by atoms with E-state index < -0.39 is 0 Å². The smallest absolute Gasteiger partial charge is 0.272 e. The molecule has 1 amide bonds. The van der Waals surface area contributed by atoms with Crippen LogP contribution in [0.4, 0.5) is 5.69 Å². The third kappa shape index (κ3) is 3.49. The van der Waals surface area contributed by atoms with Crippen LogP contribution in [0, 0.1) is 6.92 Å². The first-order valence-corrected chi connectivity index (χ1v) is 11.0. The van der Waals surface area contributed by atoms with Crippen molar-refractivity contribution in [1.82, 2.24) is 14.3 Å². The minimum Gasteiger partial charge on any atom is -0.333 e. The van der Waals surface area contributed by atoms with Crippen LogP contribution in [0.15, 0.2) is 54.2 Å². The molecule has 0 saturated heterocycles. The number of hydrogen-bond acceptors (Lipinski definition) is 3. The number of carbonyl (C=O) groups is 1. The second-order valence-electron chi connectivity index (χ2n) is 7.82. The molecule has 29 heavy (non-hydrogen) atoms. The lowest BCUT2D eigenvalue weighted by molar-refractivity contribution is 0.101. The van der Waals surface area contributed by atoms with Crippen LogP contribution < -0.4 is 5.32 Å². The molecule has 148 valence electrons. The monoisotopic (exact) mass is 404 g/mol. The molecule has 0 bridgehead atoms. The summed E-state index contributed by atoms with van der Waals surface area (Å²) >= 11 is 1.69. The zero-order chi connectivity index (χ0) is 19.8. The first kappa shape index (κ1) is 18.2. The van der Waals surface area contributed by atoms with E-state index in [9.17, 15) is 4.79 Å². The van der Waals surface area contributed by atoms with Crippen LogP contribution in [0.25, 0.3) is 10.2 Å². The van der Waals surface area contributed by atoms with Gasteiger partial charge in [0.25, 0.3) is 5.91 Å². The number of fused-ring (bicyclic) bond motifs is 1. The SMILES string of the molecule is Cc1ccccc1Cn1cc(NC(=O)c2cc3sccc3n2C2CCCC2)cn1. The van der Waals surface area contributed by atoms with Crippen molar-refractivity contribution in [2.24, 2.45) is 0 Å². The van der Waals surface area contributed by atoms with E-state index >= 15 is 0 Å². The molecule has 0 aliphatic heterocycles. The maximum atomic E-state index is 13.1. The molecule has 3 heterocycles. The lowest BCUT2D eigenvalue weighted by Gasteiger charge is -2.16. The van der Waals surface area contributed by atoms with E-state index in [1.54, 1.807) is 17.5 Å². The van der Waals surface area contributed by atoms with Crippen LogP contribution in [-0.4, -0.2) is 20.3 Å². The number of benzene rings is 1. The van der Waals surface area contributed by atoms with E-state index in [1.807, 2.05) is 29.1 Å². The number of nitrogens with one attached hydrogen (secondary N) is 1. The zero-order valence-corrected chi connectivity index (χ0v) is 17.3. The molecule has 3 aromatic heterocycles. The van der Waals surface area contributed by atoms with Gasteiger partial charge in [0.15, 0.2) is 0 Å². The van der Waals surface area contributed by atoms with E-state index in [4.69, 9.17) is 0 Å².